The van der Waals surface area contributed by atoms with E-state index in [0.29, 0.717) is 16.9 Å². The van der Waals surface area contributed by atoms with Gasteiger partial charge in [0, 0.05) is 43.3 Å². The van der Waals surface area contributed by atoms with Gasteiger partial charge in [-0.3, -0.25) is 9.55 Å². The molecule has 0 amide bonds. The fourth-order valence-electron chi connectivity index (χ4n) is 6.69. The van der Waals surface area contributed by atoms with Crippen LogP contribution in [0, 0.1) is 6.85 Å². The van der Waals surface area contributed by atoms with Crippen LogP contribution in [0.15, 0.2) is 156 Å². The SMILES string of the molecule is [2H]C([2H])([2H])c1ccc(-n2c(-c3ccccc3O)nc3c(-c4cc(-c5ccccn5)cc5c4oc4ccccc45)cccc32)c(-c2ccccc2)c1. The van der Waals surface area contributed by atoms with Gasteiger partial charge < -0.3 is 9.52 Å². The minimum atomic E-state index is -2.30. The maximum atomic E-state index is 11.2. The molecule has 0 radical (unpaired) electrons. The third-order valence-corrected chi connectivity index (χ3v) is 8.88. The number of pyridine rings is 1. The van der Waals surface area contributed by atoms with Crippen molar-refractivity contribution in [3.63, 3.8) is 0 Å². The Labute approximate surface area is 281 Å². The summed E-state index contributed by atoms with van der Waals surface area (Å²) < 4.78 is 33.2. The third kappa shape index (κ3) is 4.48. The van der Waals surface area contributed by atoms with Crippen LogP contribution in [0.25, 0.3) is 83.6 Å². The van der Waals surface area contributed by atoms with Gasteiger partial charge in [-0.2, -0.15) is 0 Å². The molecule has 1 N–H and O–H groups in total. The Balaban J connectivity index is 1.39. The minimum absolute atomic E-state index is 0.0767. The standard InChI is InChI=1S/C43H29N3O2/c1-27-21-22-37(33(24-27)28-12-3-2-4-13-28)46-38-18-11-16-31(41(38)45-43(46)32-15-5-7-19-39(32)47)35-26-29(36-17-9-10-23-44-36)25-34-30-14-6-8-20-40(30)48-42(34)35/h2-26,47H,1H3/i1D3. The summed E-state index contributed by atoms with van der Waals surface area (Å²) in [5, 5.41) is 13.2. The van der Waals surface area contributed by atoms with Crippen molar-refractivity contribution in [1.29, 1.82) is 0 Å². The molecule has 0 saturated carbocycles. The maximum absolute atomic E-state index is 11.2. The lowest BCUT2D eigenvalue weighted by Gasteiger charge is -2.16. The van der Waals surface area contributed by atoms with Crippen LogP contribution in [0.4, 0.5) is 0 Å². The van der Waals surface area contributed by atoms with Crippen LogP contribution in [0.2, 0.25) is 0 Å². The summed E-state index contributed by atoms with van der Waals surface area (Å²) in [7, 11) is 0. The van der Waals surface area contributed by atoms with Gasteiger partial charge in [-0.25, -0.2) is 4.98 Å². The number of para-hydroxylation sites is 3. The predicted octanol–water partition coefficient (Wildman–Crippen LogP) is 11.0. The number of aromatic hydroxyl groups is 1. The van der Waals surface area contributed by atoms with E-state index in [1.165, 1.54) is 0 Å². The number of furan rings is 1. The van der Waals surface area contributed by atoms with E-state index in [1.54, 1.807) is 30.5 Å². The van der Waals surface area contributed by atoms with Crippen LogP contribution in [0.1, 0.15) is 9.68 Å². The van der Waals surface area contributed by atoms with E-state index in [-0.39, 0.29) is 11.3 Å². The highest BCUT2D eigenvalue weighted by atomic mass is 16.3. The van der Waals surface area contributed by atoms with E-state index in [9.17, 15) is 5.11 Å². The molecule has 0 unspecified atom stereocenters. The van der Waals surface area contributed by atoms with E-state index in [0.717, 1.165) is 66.7 Å². The number of hydrogen-bond acceptors (Lipinski definition) is 4. The molecule has 9 aromatic rings. The average molecular weight is 623 g/mol. The van der Waals surface area contributed by atoms with Crippen molar-refractivity contribution in [2.24, 2.45) is 0 Å². The molecule has 0 aliphatic heterocycles. The van der Waals surface area contributed by atoms with Gasteiger partial charge in [0.25, 0.3) is 0 Å². The molecule has 48 heavy (non-hydrogen) atoms. The second-order valence-electron chi connectivity index (χ2n) is 11.8. The number of nitrogens with zero attached hydrogens (tertiary/aromatic N) is 3. The molecule has 0 spiro atoms. The molecule has 0 aliphatic rings. The van der Waals surface area contributed by atoms with Crippen molar-refractivity contribution >= 4 is 33.0 Å². The van der Waals surface area contributed by atoms with Crippen molar-refractivity contribution in [3.8, 4) is 56.3 Å². The molecule has 3 aromatic heterocycles. The van der Waals surface area contributed by atoms with Crippen molar-refractivity contribution in [3.05, 3.63) is 157 Å². The first-order chi connectivity index (χ1) is 24.8. The van der Waals surface area contributed by atoms with E-state index in [1.807, 2.05) is 108 Å². The van der Waals surface area contributed by atoms with E-state index < -0.39 is 6.85 Å². The number of aryl methyl sites for hydroxylation is 1. The zero-order valence-corrected chi connectivity index (χ0v) is 25.6. The Bertz CT molecular complexity index is 2750. The zero-order chi connectivity index (χ0) is 34.7. The molecule has 228 valence electrons. The number of rotatable bonds is 5. The highest BCUT2D eigenvalue weighted by molar-refractivity contribution is 6.13. The van der Waals surface area contributed by atoms with Crippen molar-refractivity contribution in [2.75, 3.05) is 0 Å². The van der Waals surface area contributed by atoms with Gasteiger partial charge in [-0.1, -0.05) is 90.5 Å². The lowest BCUT2D eigenvalue weighted by Crippen LogP contribution is -2.01. The number of aromatic nitrogens is 3. The second-order valence-corrected chi connectivity index (χ2v) is 11.8. The van der Waals surface area contributed by atoms with Gasteiger partial charge in [0.05, 0.1) is 28.0 Å². The van der Waals surface area contributed by atoms with E-state index >= 15 is 0 Å². The number of hydrogen-bond donors (Lipinski definition) is 1. The first-order valence-electron chi connectivity index (χ1n) is 17.2. The third-order valence-electron chi connectivity index (χ3n) is 8.88. The molecular weight excluding hydrogens is 590 g/mol. The first kappa shape index (κ1) is 24.7. The smallest absolute Gasteiger partial charge is 0.149 e. The summed E-state index contributed by atoms with van der Waals surface area (Å²) in [6.45, 7) is -2.30. The molecule has 5 nitrogen and oxygen atoms in total. The molecule has 0 atom stereocenters. The van der Waals surface area contributed by atoms with Crippen LogP contribution in [0.3, 0.4) is 0 Å². The highest BCUT2D eigenvalue weighted by Crippen LogP contribution is 2.44. The number of phenolic OH excluding ortho intramolecular Hbond substituents is 1. The molecule has 0 aliphatic carbocycles. The fourth-order valence-corrected chi connectivity index (χ4v) is 6.69. The lowest BCUT2D eigenvalue weighted by molar-refractivity contribution is 0.477. The Morgan fingerprint density at radius 3 is 2.31 bits per heavy atom. The van der Waals surface area contributed by atoms with Gasteiger partial charge in [0.15, 0.2) is 0 Å². The van der Waals surface area contributed by atoms with E-state index in [4.69, 9.17) is 13.5 Å². The monoisotopic (exact) mass is 622 g/mol. The Hall–Kier alpha value is -6.46. The summed E-state index contributed by atoms with van der Waals surface area (Å²) in [6.07, 6.45) is 1.79. The van der Waals surface area contributed by atoms with E-state index in [2.05, 4.69) is 23.2 Å². The molecular formula is C43H29N3O2. The second kappa shape index (κ2) is 11.1. The van der Waals surface area contributed by atoms with Crippen molar-refractivity contribution < 1.29 is 13.6 Å². The molecule has 3 heterocycles. The molecule has 5 heteroatoms. The number of benzene rings is 6. The molecule has 9 rings (SSSR count). The van der Waals surface area contributed by atoms with Crippen LogP contribution in [0.5, 0.6) is 5.75 Å². The fraction of sp³-hybridized carbons (Fsp3) is 0.0233. The van der Waals surface area contributed by atoms with Gasteiger partial charge in [-0.15, -0.1) is 0 Å². The molecule has 0 fully saturated rings. The van der Waals surface area contributed by atoms with Gasteiger partial charge in [0.1, 0.15) is 22.7 Å². The van der Waals surface area contributed by atoms with Crippen LogP contribution >= 0.6 is 0 Å². The maximum Gasteiger partial charge on any atom is 0.149 e. The van der Waals surface area contributed by atoms with Crippen molar-refractivity contribution in [2.45, 2.75) is 6.85 Å². The zero-order valence-electron chi connectivity index (χ0n) is 28.6. The first-order valence-corrected chi connectivity index (χ1v) is 15.7. The average Bonchev–Trinajstić information content (AvgIpc) is 3.74. The number of phenols is 1. The molecule has 6 aromatic carbocycles. The summed E-state index contributed by atoms with van der Waals surface area (Å²) in [5.74, 6) is 0.587. The summed E-state index contributed by atoms with van der Waals surface area (Å²) >= 11 is 0. The molecule has 0 bridgehead atoms. The van der Waals surface area contributed by atoms with Crippen molar-refractivity contribution in [1.82, 2.24) is 14.5 Å². The lowest BCUT2D eigenvalue weighted by atomic mass is 9.96. The van der Waals surface area contributed by atoms with Crippen LogP contribution < -0.4 is 0 Å². The Morgan fingerprint density at radius 2 is 1.46 bits per heavy atom. The summed E-state index contributed by atoms with van der Waals surface area (Å²) in [4.78, 5) is 9.97. The van der Waals surface area contributed by atoms with Crippen LogP contribution in [-0.2, 0) is 0 Å². The summed E-state index contributed by atoms with van der Waals surface area (Å²) in [6, 6.07) is 46.2. The largest absolute Gasteiger partial charge is 0.507 e. The number of imidazole rings is 1. The predicted molar refractivity (Wildman–Crippen MR) is 194 cm³/mol. The van der Waals surface area contributed by atoms with Gasteiger partial charge in [0.2, 0.25) is 0 Å². The normalized spacial score (nSPS) is 12.7. The molecule has 0 saturated heterocycles. The Morgan fingerprint density at radius 1 is 0.646 bits per heavy atom. The topological polar surface area (TPSA) is 64.1 Å². The van der Waals surface area contributed by atoms with Crippen LogP contribution in [-0.4, -0.2) is 19.6 Å². The summed E-state index contributed by atoms with van der Waals surface area (Å²) in [5.41, 5.74) is 9.51. The number of fused-ring (bicyclic) bond motifs is 4. The quantitative estimate of drug-likeness (QED) is 0.207. The van der Waals surface area contributed by atoms with Gasteiger partial charge in [-0.05, 0) is 73.1 Å². The minimum Gasteiger partial charge on any atom is -0.507 e. The van der Waals surface area contributed by atoms with Gasteiger partial charge >= 0.3 is 0 Å². The highest BCUT2D eigenvalue weighted by Gasteiger charge is 2.24. The Kier molecular flexibility index (Phi) is 5.72.